The number of hydrogen-bond donors (Lipinski definition) is 1. The SMILES string of the molecule is CCC(C)c1cc(N)nc(C)c1CC(C)C. The minimum atomic E-state index is 0.567. The van der Waals surface area contributed by atoms with Crippen LogP contribution in [0.3, 0.4) is 0 Å². The van der Waals surface area contributed by atoms with Crippen molar-refractivity contribution in [2.75, 3.05) is 5.73 Å². The molecule has 1 rings (SSSR count). The lowest BCUT2D eigenvalue weighted by Crippen LogP contribution is -2.08. The van der Waals surface area contributed by atoms with Gasteiger partial charge >= 0.3 is 0 Å². The highest BCUT2D eigenvalue weighted by molar-refractivity contribution is 5.42. The van der Waals surface area contributed by atoms with E-state index in [4.69, 9.17) is 5.73 Å². The average molecular weight is 220 g/mol. The van der Waals surface area contributed by atoms with E-state index in [1.807, 2.05) is 0 Å². The molecule has 0 amide bonds. The molecule has 0 radical (unpaired) electrons. The lowest BCUT2D eigenvalue weighted by Gasteiger charge is -2.19. The van der Waals surface area contributed by atoms with Gasteiger partial charge in [0.25, 0.3) is 0 Å². The zero-order chi connectivity index (χ0) is 12.3. The zero-order valence-corrected chi connectivity index (χ0v) is 11.2. The third-order valence-corrected chi connectivity index (χ3v) is 3.14. The first kappa shape index (κ1) is 13.0. The largest absolute Gasteiger partial charge is 0.384 e. The highest BCUT2D eigenvalue weighted by Gasteiger charge is 2.14. The first-order valence-electron chi connectivity index (χ1n) is 6.21. The van der Waals surface area contributed by atoms with Gasteiger partial charge in [-0.05, 0) is 48.8 Å². The number of hydrogen-bond acceptors (Lipinski definition) is 2. The van der Waals surface area contributed by atoms with Gasteiger partial charge < -0.3 is 5.73 Å². The highest BCUT2D eigenvalue weighted by atomic mass is 14.8. The number of aryl methyl sites for hydroxylation is 1. The summed E-state index contributed by atoms with van der Waals surface area (Å²) in [7, 11) is 0. The van der Waals surface area contributed by atoms with Gasteiger partial charge in [0.05, 0.1) is 0 Å². The van der Waals surface area contributed by atoms with E-state index in [1.54, 1.807) is 0 Å². The Morgan fingerprint density at radius 3 is 2.44 bits per heavy atom. The van der Waals surface area contributed by atoms with Crippen molar-refractivity contribution in [3.8, 4) is 0 Å². The molecule has 1 unspecified atom stereocenters. The molecule has 1 heterocycles. The summed E-state index contributed by atoms with van der Waals surface area (Å²) in [5, 5.41) is 0. The number of rotatable bonds is 4. The number of nitrogens with zero attached hydrogens (tertiary/aromatic N) is 1. The Morgan fingerprint density at radius 1 is 1.31 bits per heavy atom. The van der Waals surface area contributed by atoms with Crippen molar-refractivity contribution in [3.05, 3.63) is 22.9 Å². The van der Waals surface area contributed by atoms with Crippen LogP contribution in [0.25, 0.3) is 0 Å². The third kappa shape index (κ3) is 2.97. The van der Waals surface area contributed by atoms with Crippen molar-refractivity contribution in [2.45, 2.75) is 53.4 Å². The standard InChI is InChI=1S/C14H24N2/c1-6-10(4)12-8-14(15)16-11(5)13(12)7-9(2)3/h8-10H,6-7H2,1-5H3,(H2,15,16). The number of nitrogens with two attached hydrogens (primary N) is 1. The van der Waals surface area contributed by atoms with E-state index in [0.717, 1.165) is 18.5 Å². The first-order valence-corrected chi connectivity index (χ1v) is 6.21. The Kier molecular flexibility index (Phi) is 4.34. The molecule has 0 aliphatic heterocycles. The van der Waals surface area contributed by atoms with Crippen molar-refractivity contribution >= 4 is 5.82 Å². The summed E-state index contributed by atoms with van der Waals surface area (Å²) in [4.78, 5) is 4.38. The van der Waals surface area contributed by atoms with Gasteiger partial charge in [0.15, 0.2) is 0 Å². The van der Waals surface area contributed by atoms with E-state index < -0.39 is 0 Å². The fourth-order valence-corrected chi connectivity index (χ4v) is 2.08. The average Bonchev–Trinajstić information content (AvgIpc) is 2.20. The molecule has 0 saturated heterocycles. The van der Waals surface area contributed by atoms with E-state index in [-0.39, 0.29) is 0 Å². The van der Waals surface area contributed by atoms with Gasteiger partial charge in [0, 0.05) is 5.69 Å². The zero-order valence-electron chi connectivity index (χ0n) is 11.2. The summed E-state index contributed by atoms with van der Waals surface area (Å²) in [6, 6.07) is 2.05. The molecule has 1 atom stereocenters. The van der Waals surface area contributed by atoms with Crippen LogP contribution in [0.2, 0.25) is 0 Å². The molecule has 90 valence electrons. The van der Waals surface area contributed by atoms with Crippen LogP contribution < -0.4 is 5.73 Å². The van der Waals surface area contributed by atoms with Crippen LogP contribution in [0.4, 0.5) is 5.82 Å². The second-order valence-electron chi connectivity index (χ2n) is 5.11. The number of anilines is 1. The van der Waals surface area contributed by atoms with Crippen LogP contribution in [-0.2, 0) is 6.42 Å². The van der Waals surface area contributed by atoms with E-state index in [9.17, 15) is 0 Å². The van der Waals surface area contributed by atoms with Crippen LogP contribution in [0.15, 0.2) is 6.07 Å². The molecule has 16 heavy (non-hydrogen) atoms. The fraction of sp³-hybridized carbons (Fsp3) is 0.643. The van der Waals surface area contributed by atoms with Crippen molar-refractivity contribution in [3.63, 3.8) is 0 Å². The van der Waals surface area contributed by atoms with Crippen LogP contribution in [0, 0.1) is 12.8 Å². The first-order chi connectivity index (χ1) is 7.45. The van der Waals surface area contributed by atoms with Crippen molar-refractivity contribution < 1.29 is 0 Å². The quantitative estimate of drug-likeness (QED) is 0.840. The second kappa shape index (κ2) is 5.33. The molecule has 0 aromatic carbocycles. The molecule has 2 N–H and O–H groups in total. The van der Waals surface area contributed by atoms with Gasteiger partial charge in [-0.15, -0.1) is 0 Å². The molecule has 1 aromatic heterocycles. The van der Waals surface area contributed by atoms with Gasteiger partial charge in [-0.25, -0.2) is 4.98 Å². The van der Waals surface area contributed by atoms with Crippen LogP contribution >= 0.6 is 0 Å². The van der Waals surface area contributed by atoms with Gasteiger partial charge in [0.1, 0.15) is 5.82 Å². The summed E-state index contributed by atoms with van der Waals surface area (Å²) >= 11 is 0. The topological polar surface area (TPSA) is 38.9 Å². The van der Waals surface area contributed by atoms with E-state index >= 15 is 0 Å². The van der Waals surface area contributed by atoms with E-state index in [2.05, 4.69) is 45.7 Å². The molecule has 0 aliphatic rings. The van der Waals surface area contributed by atoms with Gasteiger partial charge in [-0.3, -0.25) is 0 Å². The van der Waals surface area contributed by atoms with Crippen molar-refractivity contribution in [2.24, 2.45) is 5.92 Å². The highest BCUT2D eigenvalue weighted by Crippen LogP contribution is 2.27. The summed E-state index contributed by atoms with van der Waals surface area (Å²) in [6.45, 7) is 11.0. The van der Waals surface area contributed by atoms with Crippen LogP contribution in [0.5, 0.6) is 0 Å². The number of aromatic nitrogens is 1. The fourth-order valence-electron chi connectivity index (χ4n) is 2.08. The Balaban J connectivity index is 3.20. The maximum Gasteiger partial charge on any atom is 0.123 e. The molecule has 2 heteroatoms. The van der Waals surface area contributed by atoms with Crippen molar-refractivity contribution in [1.29, 1.82) is 0 Å². The minimum absolute atomic E-state index is 0.567. The summed E-state index contributed by atoms with van der Waals surface area (Å²) < 4.78 is 0. The summed E-state index contributed by atoms with van der Waals surface area (Å²) in [5.41, 5.74) is 9.73. The molecule has 0 fully saturated rings. The minimum Gasteiger partial charge on any atom is -0.384 e. The molecular weight excluding hydrogens is 196 g/mol. The molecule has 0 saturated carbocycles. The van der Waals surface area contributed by atoms with Gasteiger partial charge in [0.2, 0.25) is 0 Å². The molecule has 1 aromatic rings. The maximum absolute atomic E-state index is 5.84. The molecular formula is C14H24N2. The molecule has 0 aliphatic carbocycles. The Bertz CT molecular complexity index is 356. The third-order valence-electron chi connectivity index (χ3n) is 3.14. The van der Waals surface area contributed by atoms with Crippen LogP contribution in [-0.4, -0.2) is 4.98 Å². The lowest BCUT2D eigenvalue weighted by atomic mass is 9.89. The Hall–Kier alpha value is -1.05. The predicted molar refractivity (Wildman–Crippen MR) is 70.6 cm³/mol. The van der Waals surface area contributed by atoms with Crippen molar-refractivity contribution in [1.82, 2.24) is 4.98 Å². The second-order valence-corrected chi connectivity index (χ2v) is 5.11. The smallest absolute Gasteiger partial charge is 0.123 e. The lowest BCUT2D eigenvalue weighted by molar-refractivity contribution is 0.625. The Morgan fingerprint density at radius 2 is 1.94 bits per heavy atom. The number of pyridine rings is 1. The van der Waals surface area contributed by atoms with Crippen LogP contribution in [0.1, 0.15) is 56.9 Å². The maximum atomic E-state index is 5.84. The Labute approximate surface area is 99.3 Å². The van der Waals surface area contributed by atoms with Gasteiger partial charge in [-0.1, -0.05) is 27.7 Å². The number of nitrogen functional groups attached to an aromatic ring is 1. The summed E-state index contributed by atoms with van der Waals surface area (Å²) in [6.07, 6.45) is 2.24. The molecule has 0 spiro atoms. The van der Waals surface area contributed by atoms with Gasteiger partial charge in [-0.2, -0.15) is 0 Å². The monoisotopic (exact) mass is 220 g/mol. The predicted octanol–water partition coefficient (Wildman–Crippen LogP) is 3.68. The summed E-state index contributed by atoms with van der Waals surface area (Å²) in [5.74, 6) is 1.88. The normalized spacial score (nSPS) is 13.1. The molecule has 0 bridgehead atoms. The van der Waals surface area contributed by atoms with E-state index in [1.165, 1.54) is 11.1 Å². The molecule has 2 nitrogen and oxygen atoms in total. The van der Waals surface area contributed by atoms with E-state index in [0.29, 0.717) is 17.7 Å².